The third kappa shape index (κ3) is 3.76. The smallest absolute Gasteiger partial charge is 0.335 e. The topological polar surface area (TPSA) is 93.3 Å². The maximum Gasteiger partial charge on any atom is 0.335 e. The summed E-state index contributed by atoms with van der Waals surface area (Å²) >= 11 is 1.22. The molecule has 1 aromatic heterocycles. The lowest BCUT2D eigenvalue weighted by molar-refractivity contribution is -0.387. The molecule has 1 heterocycles. The molecule has 0 unspecified atom stereocenters. The Morgan fingerprint density at radius 2 is 2.14 bits per heavy atom. The van der Waals surface area contributed by atoms with Crippen LogP contribution in [0.1, 0.15) is 15.9 Å². The van der Waals surface area contributed by atoms with Crippen LogP contribution in [0.25, 0.3) is 0 Å². The number of thioether (sulfide) groups is 1. The van der Waals surface area contributed by atoms with Gasteiger partial charge in [0.25, 0.3) is 0 Å². The number of nitrogens with zero attached hydrogens (tertiary/aromatic N) is 2. The number of aromatic nitrogens is 1. The Morgan fingerprint density at radius 1 is 1.38 bits per heavy atom. The van der Waals surface area contributed by atoms with Crippen molar-refractivity contribution in [2.45, 2.75) is 10.8 Å². The maximum atomic E-state index is 13.5. The summed E-state index contributed by atoms with van der Waals surface area (Å²) in [5.41, 5.74) is 0.0859. The number of carbonyl (C=O) groups is 1. The molecule has 2 rings (SSSR count). The summed E-state index contributed by atoms with van der Waals surface area (Å²) in [6, 6.07) is 6.43. The quantitative estimate of drug-likeness (QED) is 0.518. The van der Waals surface area contributed by atoms with E-state index >= 15 is 0 Å². The summed E-state index contributed by atoms with van der Waals surface area (Å²) < 4.78 is 13.5. The van der Waals surface area contributed by atoms with Gasteiger partial charge in [-0.3, -0.25) is 10.1 Å². The second-order valence-electron chi connectivity index (χ2n) is 4.02. The Balaban J connectivity index is 2.10. The minimum atomic E-state index is -1.05. The predicted octanol–water partition coefficient (Wildman–Crippen LogP) is 3.12. The highest BCUT2D eigenvalue weighted by Crippen LogP contribution is 2.24. The zero-order valence-corrected chi connectivity index (χ0v) is 11.3. The van der Waals surface area contributed by atoms with Crippen LogP contribution in [0.5, 0.6) is 0 Å². The summed E-state index contributed by atoms with van der Waals surface area (Å²) in [4.78, 5) is 24.5. The van der Waals surface area contributed by atoms with E-state index in [2.05, 4.69) is 4.98 Å². The molecule has 0 spiro atoms. The van der Waals surface area contributed by atoms with Crippen molar-refractivity contribution in [2.24, 2.45) is 0 Å². The first-order chi connectivity index (χ1) is 9.97. The summed E-state index contributed by atoms with van der Waals surface area (Å²) in [5.74, 6) is -1.63. The molecule has 0 aliphatic heterocycles. The highest BCUT2D eigenvalue weighted by molar-refractivity contribution is 7.98. The first-order valence-electron chi connectivity index (χ1n) is 5.72. The molecule has 1 aromatic carbocycles. The Morgan fingerprint density at radius 3 is 2.76 bits per heavy atom. The molecule has 0 fully saturated rings. The number of hydrogen-bond donors (Lipinski definition) is 1. The van der Waals surface area contributed by atoms with E-state index in [0.717, 1.165) is 12.1 Å². The van der Waals surface area contributed by atoms with Crippen LogP contribution < -0.4 is 0 Å². The van der Waals surface area contributed by atoms with E-state index in [0.29, 0.717) is 16.3 Å². The van der Waals surface area contributed by atoms with Crippen molar-refractivity contribution in [3.8, 4) is 0 Å². The van der Waals surface area contributed by atoms with E-state index in [1.54, 1.807) is 0 Å². The number of rotatable bonds is 5. The van der Waals surface area contributed by atoms with Crippen LogP contribution in [0.3, 0.4) is 0 Å². The standard InChI is InChI=1S/C13H9FN2O4S/c14-10-5-8(1-2-11(10)16(19)20)7-21-12-6-9(13(17)18)3-4-15-12/h1-6H,7H2,(H,17,18). The molecular weight excluding hydrogens is 299 g/mol. The fourth-order valence-corrected chi connectivity index (χ4v) is 2.41. The van der Waals surface area contributed by atoms with Crippen molar-refractivity contribution >= 4 is 23.4 Å². The molecule has 0 saturated carbocycles. The number of nitro benzene ring substituents is 1. The van der Waals surface area contributed by atoms with Crippen LogP contribution in [0.2, 0.25) is 0 Å². The van der Waals surface area contributed by atoms with Crippen molar-refractivity contribution in [2.75, 3.05) is 0 Å². The fourth-order valence-electron chi connectivity index (χ4n) is 1.57. The molecule has 108 valence electrons. The number of pyridine rings is 1. The van der Waals surface area contributed by atoms with Crippen molar-refractivity contribution < 1.29 is 19.2 Å². The zero-order valence-electron chi connectivity index (χ0n) is 10.5. The summed E-state index contributed by atoms with van der Waals surface area (Å²) in [5, 5.41) is 19.9. The van der Waals surface area contributed by atoms with Gasteiger partial charge in [-0.15, -0.1) is 11.8 Å². The zero-order chi connectivity index (χ0) is 15.4. The predicted molar refractivity (Wildman–Crippen MR) is 73.8 cm³/mol. The highest BCUT2D eigenvalue weighted by atomic mass is 32.2. The van der Waals surface area contributed by atoms with Gasteiger partial charge in [-0.05, 0) is 23.8 Å². The SMILES string of the molecule is O=C(O)c1ccnc(SCc2ccc([N+](=O)[O-])c(F)c2)c1. The third-order valence-electron chi connectivity index (χ3n) is 2.58. The van der Waals surface area contributed by atoms with Crippen molar-refractivity contribution in [3.63, 3.8) is 0 Å². The highest BCUT2D eigenvalue weighted by Gasteiger charge is 2.14. The van der Waals surface area contributed by atoms with Crippen LogP contribution in [-0.2, 0) is 5.75 Å². The molecule has 0 aliphatic carbocycles. The molecule has 0 saturated heterocycles. The van der Waals surface area contributed by atoms with Gasteiger partial charge in [0, 0.05) is 18.0 Å². The van der Waals surface area contributed by atoms with E-state index in [4.69, 9.17) is 5.11 Å². The number of carboxylic acids is 1. The van der Waals surface area contributed by atoms with Gasteiger partial charge >= 0.3 is 11.7 Å². The molecule has 0 radical (unpaired) electrons. The molecular formula is C13H9FN2O4S. The van der Waals surface area contributed by atoms with Gasteiger partial charge in [-0.25, -0.2) is 9.78 Å². The van der Waals surface area contributed by atoms with Crippen molar-refractivity contribution in [1.29, 1.82) is 0 Å². The van der Waals surface area contributed by atoms with E-state index < -0.39 is 22.4 Å². The minimum Gasteiger partial charge on any atom is -0.478 e. The van der Waals surface area contributed by atoms with Gasteiger partial charge in [0.15, 0.2) is 0 Å². The molecule has 0 amide bonds. The van der Waals surface area contributed by atoms with Crippen LogP contribution in [-0.4, -0.2) is 21.0 Å². The molecule has 1 N–H and O–H groups in total. The third-order valence-corrected chi connectivity index (χ3v) is 3.57. The van der Waals surface area contributed by atoms with Gasteiger partial charge in [0.1, 0.15) is 0 Å². The molecule has 0 atom stereocenters. The van der Waals surface area contributed by atoms with E-state index in [1.807, 2.05) is 0 Å². The number of hydrogen-bond acceptors (Lipinski definition) is 5. The Bertz CT molecular complexity index is 708. The number of nitro groups is 1. The lowest BCUT2D eigenvalue weighted by atomic mass is 10.2. The fraction of sp³-hybridized carbons (Fsp3) is 0.0769. The molecule has 0 aliphatic rings. The van der Waals surface area contributed by atoms with Gasteiger partial charge < -0.3 is 5.11 Å². The molecule has 0 bridgehead atoms. The summed E-state index contributed by atoms with van der Waals surface area (Å²) in [6.45, 7) is 0. The summed E-state index contributed by atoms with van der Waals surface area (Å²) in [6.07, 6.45) is 1.38. The van der Waals surface area contributed by atoms with Gasteiger partial charge in [0.05, 0.1) is 15.5 Å². The minimum absolute atomic E-state index is 0.113. The second-order valence-corrected chi connectivity index (χ2v) is 5.02. The first kappa shape index (κ1) is 14.9. The number of benzene rings is 1. The monoisotopic (exact) mass is 308 g/mol. The van der Waals surface area contributed by atoms with Crippen LogP contribution in [0, 0.1) is 15.9 Å². The van der Waals surface area contributed by atoms with Crippen LogP contribution in [0.15, 0.2) is 41.6 Å². The largest absolute Gasteiger partial charge is 0.478 e. The number of halogens is 1. The van der Waals surface area contributed by atoms with Crippen molar-refractivity contribution in [1.82, 2.24) is 4.98 Å². The maximum absolute atomic E-state index is 13.5. The number of carboxylic acid groups (broad SMARTS) is 1. The van der Waals surface area contributed by atoms with Gasteiger partial charge in [-0.1, -0.05) is 6.07 Å². The van der Waals surface area contributed by atoms with Crippen LogP contribution in [0.4, 0.5) is 10.1 Å². The average molecular weight is 308 g/mol. The molecule has 2 aromatic rings. The molecule has 6 nitrogen and oxygen atoms in total. The van der Waals surface area contributed by atoms with Crippen LogP contribution >= 0.6 is 11.8 Å². The Kier molecular flexibility index (Phi) is 4.49. The van der Waals surface area contributed by atoms with E-state index in [1.165, 1.54) is 36.2 Å². The Hall–Kier alpha value is -2.48. The van der Waals surface area contributed by atoms with Crippen molar-refractivity contribution in [3.05, 3.63) is 63.6 Å². The first-order valence-corrected chi connectivity index (χ1v) is 6.71. The number of aromatic carboxylic acids is 1. The summed E-state index contributed by atoms with van der Waals surface area (Å²) in [7, 11) is 0. The molecule has 8 heteroatoms. The lowest BCUT2D eigenvalue weighted by Gasteiger charge is -2.03. The second kappa shape index (κ2) is 6.31. The van der Waals surface area contributed by atoms with Gasteiger partial charge in [-0.2, -0.15) is 4.39 Å². The average Bonchev–Trinajstić information content (AvgIpc) is 2.45. The van der Waals surface area contributed by atoms with Gasteiger partial charge in [0.2, 0.25) is 5.82 Å². The lowest BCUT2D eigenvalue weighted by Crippen LogP contribution is -1.97. The van der Waals surface area contributed by atoms with E-state index in [-0.39, 0.29) is 5.56 Å². The molecule has 21 heavy (non-hydrogen) atoms. The van der Waals surface area contributed by atoms with E-state index in [9.17, 15) is 19.3 Å². The normalized spacial score (nSPS) is 10.3. The Labute approximate surface area is 122 Å².